The van der Waals surface area contributed by atoms with Gasteiger partial charge in [0.15, 0.2) is 0 Å². The topological polar surface area (TPSA) is 49.5 Å². The molecule has 0 fully saturated rings. The number of rotatable bonds is 4. The molecule has 0 aliphatic rings. The van der Waals surface area contributed by atoms with Crippen LogP contribution in [0.15, 0.2) is 0 Å². The lowest BCUT2D eigenvalue weighted by Crippen LogP contribution is -2.38. The summed E-state index contributed by atoms with van der Waals surface area (Å²) in [5.74, 6) is 0. The van der Waals surface area contributed by atoms with Gasteiger partial charge in [-0.15, -0.1) is 0 Å². The standard InChI is InChI=1S/C8H20N2O/c1-7(11)10(4)6-5-8(2,3)9/h7,11H,5-6,9H2,1-4H3. The van der Waals surface area contributed by atoms with E-state index in [4.69, 9.17) is 10.8 Å². The second-order valence-corrected chi connectivity index (χ2v) is 3.85. The maximum absolute atomic E-state index is 9.10. The molecule has 0 bridgehead atoms. The van der Waals surface area contributed by atoms with E-state index in [1.54, 1.807) is 6.92 Å². The Bertz CT molecular complexity index is 107. The van der Waals surface area contributed by atoms with Crippen molar-refractivity contribution in [3.05, 3.63) is 0 Å². The summed E-state index contributed by atoms with van der Waals surface area (Å²) in [4.78, 5) is 1.87. The Labute approximate surface area is 69.2 Å². The first-order valence-electron chi connectivity index (χ1n) is 4.00. The van der Waals surface area contributed by atoms with E-state index >= 15 is 0 Å². The quantitative estimate of drug-likeness (QED) is 0.585. The van der Waals surface area contributed by atoms with Crippen LogP contribution >= 0.6 is 0 Å². The lowest BCUT2D eigenvalue weighted by molar-refractivity contribution is 0.0347. The molecule has 0 aliphatic heterocycles. The predicted molar refractivity (Wildman–Crippen MR) is 47.2 cm³/mol. The SMILES string of the molecule is CC(O)N(C)CCC(C)(C)N. The molecule has 0 aromatic rings. The van der Waals surface area contributed by atoms with Crippen LogP contribution in [0.4, 0.5) is 0 Å². The molecular formula is C8H20N2O. The minimum atomic E-state index is -0.377. The van der Waals surface area contributed by atoms with Crippen molar-refractivity contribution in [2.24, 2.45) is 5.73 Å². The fourth-order valence-corrected chi connectivity index (χ4v) is 0.651. The zero-order valence-electron chi connectivity index (χ0n) is 7.96. The molecule has 3 nitrogen and oxygen atoms in total. The van der Waals surface area contributed by atoms with Crippen molar-refractivity contribution in [3.8, 4) is 0 Å². The van der Waals surface area contributed by atoms with Crippen LogP contribution in [-0.4, -0.2) is 35.4 Å². The summed E-state index contributed by atoms with van der Waals surface area (Å²) in [6, 6.07) is 0. The molecule has 0 amide bonds. The first-order chi connectivity index (χ1) is 4.83. The van der Waals surface area contributed by atoms with Gasteiger partial charge < -0.3 is 10.8 Å². The monoisotopic (exact) mass is 160 g/mol. The van der Waals surface area contributed by atoms with Crippen molar-refractivity contribution in [3.63, 3.8) is 0 Å². The van der Waals surface area contributed by atoms with Gasteiger partial charge in [0.1, 0.15) is 6.23 Å². The Morgan fingerprint density at radius 1 is 1.55 bits per heavy atom. The maximum Gasteiger partial charge on any atom is 0.104 e. The van der Waals surface area contributed by atoms with E-state index in [9.17, 15) is 0 Å². The zero-order valence-corrected chi connectivity index (χ0v) is 7.96. The van der Waals surface area contributed by atoms with Crippen LogP contribution in [0.25, 0.3) is 0 Å². The van der Waals surface area contributed by atoms with Gasteiger partial charge in [-0.25, -0.2) is 0 Å². The molecule has 0 heterocycles. The summed E-state index contributed by atoms with van der Waals surface area (Å²) < 4.78 is 0. The predicted octanol–water partition coefficient (Wildman–Crippen LogP) is 0.384. The van der Waals surface area contributed by atoms with Crippen molar-refractivity contribution < 1.29 is 5.11 Å². The lowest BCUT2D eigenvalue weighted by atomic mass is 10.0. The largest absolute Gasteiger partial charge is 0.379 e. The molecule has 3 N–H and O–H groups in total. The van der Waals surface area contributed by atoms with Gasteiger partial charge in [0, 0.05) is 12.1 Å². The third-order valence-corrected chi connectivity index (χ3v) is 1.75. The number of hydrogen-bond donors (Lipinski definition) is 2. The Balaban J connectivity index is 3.54. The average molecular weight is 160 g/mol. The normalized spacial score (nSPS) is 15.5. The highest BCUT2D eigenvalue weighted by Crippen LogP contribution is 2.04. The molecule has 0 saturated carbocycles. The van der Waals surface area contributed by atoms with Gasteiger partial charge in [0.05, 0.1) is 0 Å². The number of nitrogens with zero attached hydrogens (tertiary/aromatic N) is 1. The molecule has 68 valence electrons. The molecule has 0 spiro atoms. The molecule has 0 aromatic carbocycles. The van der Waals surface area contributed by atoms with Gasteiger partial charge in [-0.3, -0.25) is 4.90 Å². The van der Waals surface area contributed by atoms with E-state index in [1.165, 1.54) is 0 Å². The van der Waals surface area contributed by atoms with Gasteiger partial charge in [-0.1, -0.05) is 0 Å². The second kappa shape index (κ2) is 4.04. The molecule has 1 unspecified atom stereocenters. The highest BCUT2D eigenvalue weighted by Gasteiger charge is 2.12. The van der Waals surface area contributed by atoms with E-state index < -0.39 is 0 Å². The number of nitrogens with two attached hydrogens (primary N) is 1. The fraction of sp³-hybridized carbons (Fsp3) is 1.00. The Kier molecular flexibility index (Phi) is 4.00. The molecule has 11 heavy (non-hydrogen) atoms. The molecule has 3 heteroatoms. The van der Waals surface area contributed by atoms with Gasteiger partial charge in [0.2, 0.25) is 0 Å². The fourth-order valence-electron chi connectivity index (χ4n) is 0.651. The van der Waals surface area contributed by atoms with Crippen molar-refractivity contribution in [2.75, 3.05) is 13.6 Å². The van der Waals surface area contributed by atoms with E-state index in [-0.39, 0.29) is 11.8 Å². The van der Waals surface area contributed by atoms with Crippen LogP contribution < -0.4 is 5.73 Å². The average Bonchev–Trinajstić information content (AvgIpc) is 1.80. The maximum atomic E-state index is 9.10. The first kappa shape index (κ1) is 10.9. The smallest absolute Gasteiger partial charge is 0.104 e. The lowest BCUT2D eigenvalue weighted by Gasteiger charge is -2.25. The van der Waals surface area contributed by atoms with Gasteiger partial charge in [0.25, 0.3) is 0 Å². The molecular weight excluding hydrogens is 140 g/mol. The Hall–Kier alpha value is -0.120. The van der Waals surface area contributed by atoms with Crippen LogP contribution in [0.1, 0.15) is 27.2 Å². The summed E-state index contributed by atoms with van der Waals surface area (Å²) in [7, 11) is 1.89. The van der Waals surface area contributed by atoms with Crippen molar-refractivity contribution in [1.82, 2.24) is 4.90 Å². The summed E-state index contributed by atoms with van der Waals surface area (Å²) in [5.41, 5.74) is 5.64. The highest BCUT2D eigenvalue weighted by molar-refractivity contribution is 4.72. The van der Waals surface area contributed by atoms with Crippen LogP contribution in [0, 0.1) is 0 Å². The molecule has 0 aliphatic carbocycles. The molecule has 1 atom stereocenters. The van der Waals surface area contributed by atoms with Gasteiger partial charge in [-0.05, 0) is 34.2 Å². The third-order valence-electron chi connectivity index (χ3n) is 1.75. The van der Waals surface area contributed by atoms with E-state index in [0.717, 1.165) is 13.0 Å². The van der Waals surface area contributed by atoms with Crippen LogP contribution in [0.5, 0.6) is 0 Å². The van der Waals surface area contributed by atoms with E-state index in [1.807, 2.05) is 25.8 Å². The third kappa shape index (κ3) is 6.28. The van der Waals surface area contributed by atoms with E-state index in [0.29, 0.717) is 0 Å². The van der Waals surface area contributed by atoms with Gasteiger partial charge in [-0.2, -0.15) is 0 Å². The second-order valence-electron chi connectivity index (χ2n) is 3.85. The minimum absolute atomic E-state index is 0.136. The van der Waals surface area contributed by atoms with E-state index in [2.05, 4.69) is 0 Å². The van der Waals surface area contributed by atoms with Crippen molar-refractivity contribution in [2.45, 2.75) is 39.0 Å². The number of hydrogen-bond acceptors (Lipinski definition) is 3. The first-order valence-corrected chi connectivity index (χ1v) is 4.00. The highest BCUT2D eigenvalue weighted by atomic mass is 16.3. The summed E-state index contributed by atoms with van der Waals surface area (Å²) >= 11 is 0. The van der Waals surface area contributed by atoms with Crippen molar-refractivity contribution in [1.29, 1.82) is 0 Å². The number of aliphatic hydroxyl groups excluding tert-OH is 1. The molecule has 0 aromatic heterocycles. The van der Waals surface area contributed by atoms with Crippen LogP contribution in [-0.2, 0) is 0 Å². The summed E-state index contributed by atoms with van der Waals surface area (Å²) in [6.45, 7) is 6.57. The number of aliphatic hydroxyl groups is 1. The van der Waals surface area contributed by atoms with Gasteiger partial charge >= 0.3 is 0 Å². The molecule has 0 saturated heterocycles. The molecule has 0 rings (SSSR count). The van der Waals surface area contributed by atoms with Crippen LogP contribution in [0.3, 0.4) is 0 Å². The Morgan fingerprint density at radius 2 is 2.00 bits per heavy atom. The zero-order chi connectivity index (χ0) is 9.07. The van der Waals surface area contributed by atoms with Crippen LogP contribution in [0.2, 0.25) is 0 Å². The minimum Gasteiger partial charge on any atom is -0.379 e. The summed E-state index contributed by atoms with van der Waals surface area (Å²) in [5, 5.41) is 9.10. The summed E-state index contributed by atoms with van der Waals surface area (Å²) in [6.07, 6.45) is 0.520. The van der Waals surface area contributed by atoms with Crippen molar-refractivity contribution >= 4 is 0 Å². The Morgan fingerprint density at radius 3 is 2.27 bits per heavy atom. The molecule has 0 radical (unpaired) electrons.